The smallest absolute Gasteiger partial charge is 0.462 e. The predicted octanol–water partition coefficient (Wildman–Crippen LogP) is 22.4. The number of hydrogen-bond acceptors (Lipinski definition) is 15. The molecule has 6 atom stereocenters. The number of phosphoric acid groups is 2. The summed E-state index contributed by atoms with van der Waals surface area (Å²) in [6.45, 7) is 14.2. The second-order valence-corrected chi connectivity index (χ2v) is 32.3. The molecule has 0 aliphatic rings. The van der Waals surface area contributed by atoms with E-state index in [1.807, 2.05) is 0 Å². The molecule has 0 saturated heterocycles. The number of hydrogen-bond donors (Lipinski definition) is 3. The minimum Gasteiger partial charge on any atom is -0.462 e. The molecular weight excluding hydrogens is 1260 g/mol. The molecule has 0 amide bonds. The van der Waals surface area contributed by atoms with Crippen molar-refractivity contribution in [3.63, 3.8) is 0 Å². The molecular formula is C77H150O17P2. The molecule has 0 aromatic rings. The SMILES string of the molecule is CCC(C)CCCCCCCCCCCCCCCCCCCCC(=O)O[C@H](COC(=O)CCCCCCCCC(C)C)COP(=O)(O)OC[C@H](O)COP(=O)(O)OC[C@@H](COC(=O)CCCCCCCCCCCCC(C)C)OC(=O)CCCCCCCCCCCC(C)C. The first-order valence-electron chi connectivity index (χ1n) is 39.7. The standard InChI is InChI=1S/C77H150O17P2/c1-9-70(8)56-48-40-31-25-18-16-14-12-10-11-13-15-17-19-27-33-43-51-59-76(81)94-73(64-88-75(80)58-50-42-36-35-39-47-55-69(6)7)66-92-96(85,86)90-62-71(78)61-89-95(83,84)91-65-72(93-77(82)60-52-44-34-28-22-24-30-38-46-54-68(4)5)63-87-74(79)57-49-41-32-26-21-20-23-29-37-45-53-67(2)3/h67-73,78H,9-66H2,1-8H3,(H,83,84)(H,85,86)/t70?,71-,72-,73-/m1/s1. The van der Waals surface area contributed by atoms with Gasteiger partial charge in [0.15, 0.2) is 12.2 Å². The van der Waals surface area contributed by atoms with E-state index in [-0.39, 0.29) is 25.7 Å². The monoisotopic (exact) mass is 1410 g/mol. The fraction of sp³-hybridized carbons (Fsp3) is 0.948. The number of carbonyl (C=O) groups excluding carboxylic acids is 4. The van der Waals surface area contributed by atoms with Crippen LogP contribution in [0, 0.1) is 23.7 Å². The molecule has 0 fully saturated rings. The van der Waals surface area contributed by atoms with Gasteiger partial charge in [-0.25, -0.2) is 9.13 Å². The van der Waals surface area contributed by atoms with Crippen LogP contribution in [0.4, 0.5) is 0 Å². The van der Waals surface area contributed by atoms with Gasteiger partial charge < -0.3 is 33.8 Å². The maximum absolute atomic E-state index is 13.1. The largest absolute Gasteiger partial charge is 0.472 e. The van der Waals surface area contributed by atoms with E-state index in [1.165, 1.54) is 186 Å². The van der Waals surface area contributed by atoms with Gasteiger partial charge in [0, 0.05) is 25.7 Å². The van der Waals surface area contributed by atoms with Crippen LogP contribution in [0.15, 0.2) is 0 Å². The molecule has 0 radical (unpaired) electrons. The van der Waals surface area contributed by atoms with Crippen molar-refractivity contribution >= 4 is 39.5 Å². The van der Waals surface area contributed by atoms with E-state index in [9.17, 15) is 43.2 Å². The van der Waals surface area contributed by atoms with E-state index in [2.05, 4.69) is 55.4 Å². The van der Waals surface area contributed by atoms with Gasteiger partial charge >= 0.3 is 39.5 Å². The van der Waals surface area contributed by atoms with E-state index >= 15 is 0 Å². The summed E-state index contributed by atoms with van der Waals surface area (Å²) in [4.78, 5) is 72.8. The van der Waals surface area contributed by atoms with Crippen molar-refractivity contribution in [3.05, 3.63) is 0 Å². The lowest BCUT2D eigenvalue weighted by Crippen LogP contribution is -2.30. The molecule has 0 heterocycles. The second-order valence-electron chi connectivity index (χ2n) is 29.4. The average molecular weight is 1410 g/mol. The highest BCUT2D eigenvalue weighted by Gasteiger charge is 2.30. The summed E-state index contributed by atoms with van der Waals surface area (Å²) in [7, 11) is -9.91. The van der Waals surface area contributed by atoms with Gasteiger partial charge in [0.05, 0.1) is 26.4 Å². The molecule has 0 spiro atoms. The molecule has 0 aliphatic carbocycles. The zero-order valence-electron chi connectivity index (χ0n) is 63.0. The van der Waals surface area contributed by atoms with Crippen LogP contribution in [0.2, 0.25) is 0 Å². The Morgan fingerprint density at radius 1 is 0.292 bits per heavy atom. The van der Waals surface area contributed by atoms with E-state index in [0.717, 1.165) is 114 Å². The molecule has 19 heteroatoms. The van der Waals surface area contributed by atoms with E-state index < -0.39 is 97.5 Å². The summed E-state index contributed by atoms with van der Waals surface area (Å²) >= 11 is 0. The third-order valence-corrected chi connectivity index (χ3v) is 20.1. The fourth-order valence-corrected chi connectivity index (χ4v) is 13.3. The summed E-state index contributed by atoms with van der Waals surface area (Å²) in [6, 6.07) is 0. The second kappa shape index (κ2) is 66.3. The molecule has 0 aromatic carbocycles. The first kappa shape index (κ1) is 94.1. The fourth-order valence-electron chi connectivity index (χ4n) is 11.7. The number of aliphatic hydroxyl groups excluding tert-OH is 1. The van der Waals surface area contributed by atoms with E-state index in [4.69, 9.17) is 37.0 Å². The lowest BCUT2D eigenvalue weighted by atomic mass is 9.99. The van der Waals surface area contributed by atoms with Crippen molar-refractivity contribution in [2.45, 2.75) is 408 Å². The van der Waals surface area contributed by atoms with Crippen LogP contribution in [0.25, 0.3) is 0 Å². The Morgan fingerprint density at radius 3 is 0.740 bits per heavy atom. The highest BCUT2D eigenvalue weighted by atomic mass is 31.2. The predicted molar refractivity (Wildman–Crippen MR) is 391 cm³/mol. The molecule has 0 rings (SSSR count). The minimum atomic E-state index is -4.96. The first-order valence-corrected chi connectivity index (χ1v) is 42.7. The summed E-state index contributed by atoms with van der Waals surface area (Å²) in [5.41, 5.74) is 0. The number of aliphatic hydroxyl groups is 1. The van der Waals surface area contributed by atoms with Crippen molar-refractivity contribution in [1.29, 1.82) is 0 Å². The van der Waals surface area contributed by atoms with Gasteiger partial charge in [-0.1, -0.05) is 338 Å². The van der Waals surface area contributed by atoms with Gasteiger partial charge in [0.2, 0.25) is 0 Å². The number of carbonyl (C=O) groups is 4. The van der Waals surface area contributed by atoms with Gasteiger partial charge in [-0.05, 0) is 49.4 Å². The molecule has 0 aliphatic heterocycles. The molecule has 3 unspecified atom stereocenters. The number of esters is 4. The minimum absolute atomic E-state index is 0.105. The zero-order valence-corrected chi connectivity index (χ0v) is 64.8. The highest BCUT2D eigenvalue weighted by Crippen LogP contribution is 2.45. The third kappa shape index (κ3) is 69.2. The summed E-state index contributed by atoms with van der Waals surface area (Å²) in [5.74, 6) is 0.922. The Balaban J connectivity index is 5.16. The van der Waals surface area contributed by atoms with Crippen LogP contribution in [0.5, 0.6) is 0 Å². The third-order valence-electron chi connectivity index (χ3n) is 18.2. The van der Waals surface area contributed by atoms with Crippen LogP contribution < -0.4 is 0 Å². The Bertz CT molecular complexity index is 1890. The lowest BCUT2D eigenvalue weighted by molar-refractivity contribution is -0.161. The molecule has 0 bridgehead atoms. The maximum atomic E-state index is 13.1. The van der Waals surface area contributed by atoms with Crippen LogP contribution in [0.3, 0.4) is 0 Å². The summed E-state index contributed by atoms with van der Waals surface area (Å²) in [5, 5.41) is 10.6. The highest BCUT2D eigenvalue weighted by molar-refractivity contribution is 7.47. The Morgan fingerprint density at radius 2 is 0.500 bits per heavy atom. The van der Waals surface area contributed by atoms with Gasteiger partial charge in [0.25, 0.3) is 0 Å². The Hall–Kier alpha value is -1.94. The Kier molecular flexibility index (Phi) is 65.0. The van der Waals surface area contributed by atoms with Gasteiger partial charge in [-0.2, -0.15) is 0 Å². The average Bonchev–Trinajstić information content (AvgIpc) is 1.31. The quantitative estimate of drug-likeness (QED) is 0.0222. The number of ether oxygens (including phenoxy) is 4. The first-order chi connectivity index (χ1) is 46.1. The molecule has 3 N–H and O–H groups in total. The lowest BCUT2D eigenvalue weighted by Gasteiger charge is -2.21. The van der Waals surface area contributed by atoms with Gasteiger partial charge in [-0.3, -0.25) is 37.3 Å². The molecule has 570 valence electrons. The van der Waals surface area contributed by atoms with Crippen molar-refractivity contribution in [1.82, 2.24) is 0 Å². The molecule has 0 saturated carbocycles. The zero-order chi connectivity index (χ0) is 71.0. The molecule has 0 aromatic heterocycles. The summed E-state index contributed by atoms with van der Waals surface area (Å²) in [6.07, 6.45) is 51.6. The normalized spacial score (nSPS) is 14.4. The van der Waals surface area contributed by atoms with Crippen molar-refractivity contribution in [2.24, 2.45) is 23.7 Å². The van der Waals surface area contributed by atoms with Crippen molar-refractivity contribution in [2.75, 3.05) is 39.6 Å². The van der Waals surface area contributed by atoms with Crippen molar-refractivity contribution in [3.8, 4) is 0 Å². The molecule has 96 heavy (non-hydrogen) atoms. The van der Waals surface area contributed by atoms with Crippen molar-refractivity contribution < 1.29 is 80.2 Å². The van der Waals surface area contributed by atoms with Crippen LogP contribution in [-0.4, -0.2) is 96.7 Å². The Labute approximate surface area is 588 Å². The van der Waals surface area contributed by atoms with E-state index in [0.29, 0.717) is 31.6 Å². The van der Waals surface area contributed by atoms with Crippen LogP contribution >= 0.6 is 15.6 Å². The maximum Gasteiger partial charge on any atom is 0.472 e. The van der Waals surface area contributed by atoms with Crippen LogP contribution in [-0.2, 0) is 65.4 Å². The number of rotatable bonds is 74. The number of phosphoric ester groups is 2. The van der Waals surface area contributed by atoms with Gasteiger partial charge in [-0.15, -0.1) is 0 Å². The van der Waals surface area contributed by atoms with Gasteiger partial charge in [0.1, 0.15) is 19.3 Å². The summed E-state index contributed by atoms with van der Waals surface area (Å²) < 4.78 is 68.5. The van der Waals surface area contributed by atoms with Crippen LogP contribution in [0.1, 0.15) is 389 Å². The van der Waals surface area contributed by atoms with E-state index in [1.54, 1.807) is 0 Å². The topological polar surface area (TPSA) is 237 Å². The molecule has 17 nitrogen and oxygen atoms in total. The number of unbranched alkanes of at least 4 members (excludes halogenated alkanes) is 39.